The van der Waals surface area contributed by atoms with Crippen LogP contribution in [0.3, 0.4) is 0 Å². The number of hydrogen-bond donors (Lipinski definition) is 0. The van der Waals surface area contributed by atoms with Crippen LogP contribution in [0.4, 0.5) is 8.78 Å². The van der Waals surface area contributed by atoms with E-state index in [1.165, 1.54) is 0 Å². The third-order valence-corrected chi connectivity index (χ3v) is 2.91. The molecule has 92 valence electrons. The van der Waals surface area contributed by atoms with E-state index in [0.717, 1.165) is 17.2 Å². The molecule has 0 aliphatic rings. The summed E-state index contributed by atoms with van der Waals surface area (Å²) >= 11 is 0. The standard InChI is InChI=1S/C16H14F2/c17-16(18)12-11-15(13-7-3-1-4-8-13)14-9-5-2-6-10-14/h1-10,12,15H,11H2. The fraction of sp³-hybridized carbons (Fsp3) is 0.125. The van der Waals surface area contributed by atoms with Crippen LogP contribution in [0.25, 0.3) is 0 Å². The highest BCUT2D eigenvalue weighted by atomic mass is 19.3. The lowest BCUT2D eigenvalue weighted by molar-refractivity contribution is 0.416. The van der Waals surface area contributed by atoms with Crippen molar-refractivity contribution in [2.24, 2.45) is 0 Å². The first kappa shape index (κ1) is 12.5. The van der Waals surface area contributed by atoms with Crippen LogP contribution < -0.4 is 0 Å². The first-order valence-electron chi connectivity index (χ1n) is 5.88. The van der Waals surface area contributed by atoms with Crippen molar-refractivity contribution < 1.29 is 8.78 Å². The highest BCUT2D eigenvalue weighted by Gasteiger charge is 2.12. The van der Waals surface area contributed by atoms with Crippen molar-refractivity contribution in [3.63, 3.8) is 0 Å². The lowest BCUT2D eigenvalue weighted by atomic mass is 9.89. The van der Waals surface area contributed by atoms with Gasteiger partial charge in [0, 0.05) is 5.92 Å². The molecule has 0 unspecified atom stereocenters. The highest BCUT2D eigenvalue weighted by molar-refractivity contribution is 5.33. The Morgan fingerprint density at radius 3 is 1.67 bits per heavy atom. The van der Waals surface area contributed by atoms with Gasteiger partial charge in [-0.1, -0.05) is 60.7 Å². The number of halogens is 2. The van der Waals surface area contributed by atoms with Gasteiger partial charge in [-0.25, -0.2) is 0 Å². The maximum atomic E-state index is 12.3. The minimum Gasteiger partial charge on any atom is -0.174 e. The molecule has 0 saturated heterocycles. The Morgan fingerprint density at radius 2 is 1.28 bits per heavy atom. The molecule has 0 spiro atoms. The van der Waals surface area contributed by atoms with E-state index in [1.54, 1.807) is 0 Å². The Hall–Kier alpha value is -1.96. The predicted octanol–water partition coefficient (Wildman–Crippen LogP) is 4.99. The highest BCUT2D eigenvalue weighted by Crippen LogP contribution is 2.28. The number of benzene rings is 2. The van der Waals surface area contributed by atoms with Crippen LogP contribution in [0.5, 0.6) is 0 Å². The van der Waals surface area contributed by atoms with E-state index in [-0.39, 0.29) is 5.92 Å². The van der Waals surface area contributed by atoms with Crippen LogP contribution in [0.15, 0.2) is 72.8 Å². The number of allylic oxidation sites excluding steroid dienone is 1. The molecular weight excluding hydrogens is 230 g/mol. The summed E-state index contributed by atoms with van der Waals surface area (Å²) in [6.45, 7) is 0. The SMILES string of the molecule is FC(F)=CCC(c1ccccc1)c1ccccc1. The fourth-order valence-corrected chi connectivity index (χ4v) is 2.04. The van der Waals surface area contributed by atoms with Gasteiger partial charge in [0.15, 0.2) is 0 Å². The van der Waals surface area contributed by atoms with E-state index < -0.39 is 6.08 Å². The first-order valence-corrected chi connectivity index (χ1v) is 5.88. The van der Waals surface area contributed by atoms with Crippen LogP contribution >= 0.6 is 0 Å². The summed E-state index contributed by atoms with van der Waals surface area (Å²) in [5, 5.41) is 0. The molecule has 0 saturated carbocycles. The van der Waals surface area contributed by atoms with Crippen molar-refractivity contribution >= 4 is 0 Å². The fourth-order valence-electron chi connectivity index (χ4n) is 2.04. The van der Waals surface area contributed by atoms with Gasteiger partial charge < -0.3 is 0 Å². The zero-order valence-corrected chi connectivity index (χ0v) is 9.89. The maximum Gasteiger partial charge on any atom is 0.266 e. The molecule has 0 nitrogen and oxygen atoms in total. The summed E-state index contributed by atoms with van der Waals surface area (Å²) < 4.78 is 24.6. The van der Waals surface area contributed by atoms with E-state index in [1.807, 2.05) is 60.7 Å². The average molecular weight is 244 g/mol. The summed E-state index contributed by atoms with van der Waals surface area (Å²) in [6.07, 6.45) is -0.312. The van der Waals surface area contributed by atoms with E-state index in [2.05, 4.69) is 0 Å². The molecule has 0 amide bonds. The monoisotopic (exact) mass is 244 g/mol. The Morgan fingerprint density at radius 1 is 0.833 bits per heavy atom. The number of hydrogen-bond acceptors (Lipinski definition) is 0. The van der Waals surface area contributed by atoms with Crippen molar-refractivity contribution in [2.45, 2.75) is 12.3 Å². The minimum atomic E-state index is -1.62. The molecule has 2 aromatic rings. The van der Waals surface area contributed by atoms with Gasteiger partial charge in [0.1, 0.15) is 0 Å². The Balaban J connectivity index is 2.32. The summed E-state index contributed by atoms with van der Waals surface area (Å²) in [6, 6.07) is 19.5. The van der Waals surface area contributed by atoms with Gasteiger partial charge in [-0.2, -0.15) is 8.78 Å². The van der Waals surface area contributed by atoms with Crippen molar-refractivity contribution in [1.29, 1.82) is 0 Å². The molecule has 2 heteroatoms. The molecule has 0 fully saturated rings. The summed E-state index contributed by atoms with van der Waals surface area (Å²) in [5.74, 6) is -0.0195. The molecule has 0 aliphatic carbocycles. The van der Waals surface area contributed by atoms with Crippen LogP contribution in [0, 0.1) is 0 Å². The van der Waals surface area contributed by atoms with Gasteiger partial charge in [0.2, 0.25) is 0 Å². The van der Waals surface area contributed by atoms with E-state index in [0.29, 0.717) is 6.42 Å². The Bertz CT molecular complexity index is 460. The quantitative estimate of drug-likeness (QED) is 0.710. The Labute approximate surface area is 106 Å². The molecule has 0 radical (unpaired) electrons. The van der Waals surface area contributed by atoms with E-state index in [4.69, 9.17) is 0 Å². The number of rotatable bonds is 4. The normalized spacial score (nSPS) is 10.4. The largest absolute Gasteiger partial charge is 0.266 e. The smallest absolute Gasteiger partial charge is 0.174 e. The summed E-state index contributed by atoms with van der Waals surface area (Å²) in [7, 11) is 0. The molecule has 0 N–H and O–H groups in total. The van der Waals surface area contributed by atoms with Crippen LogP contribution in [0.1, 0.15) is 23.5 Å². The van der Waals surface area contributed by atoms with Crippen LogP contribution in [0.2, 0.25) is 0 Å². The summed E-state index contributed by atoms with van der Waals surface area (Å²) in [5.41, 5.74) is 2.11. The molecule has 2 rings (SSSR count). The second-order valence-corrected chi connectivity index (χ2v) is 4.10. The molecular formula is C16H14F2. The molecule has 2 aromatic carbocycles. The van der Waals surface area contributed by atoms with Crippen molar-refractivity contribution in [3.8, 4) is 0 Å². The van der Waals surface area contributed by atoms with Gasteiger partial charge >= 0.3 is 0 Å². The molecule has 0 bridgehead atoms. The van der Waals surface area contributed by atoms with Crippen molar-refractivity contribution in [3.05, 3.63) is 83.9 Å². The zero-order valence-electron chi connectivity index (χ0n) is 9.89. The van der Waals surface area contributed by atoms with Gasteiger partial charge in [-0.05, 0) is 23.6 Å². The second kappa shape index (κ2) is 6.10. The van der Waals surface area contributed by atoms with Gasteiger partial charge in [0.05, 0.1) is 0 Å². The second-order valence-electron chi connectivity index (χ2n) is 4.10. The molecule has 0 heterocycles. The van der Waals surface area contributed by atoms with Crippen molar-refractivity contribution in [1.82, 2.24) is 0 Å². The maximum absolute atomic E-state index is 12.3. The van der Waals surface area contributed by atoms with Gasteiger partial charge in [-0.15, -0.1) is 0 Å². The third kappa shape index (κ3) is 3.27. The van der Waals surface area contributed by atoms with Gasteiger partial charge in [-0.3, -0.25) is 0 Å². The topological polar surface area (TPSA) is 0 Å². The lowest BCUT2D eigenvalue weighted by Gasteiger charge is -2.15. The first-order chi connectivity index (χ1) is 8.77. The van der Waals surface area contributed by atoms with E-state index >= 15 is 0 Å². The van der Waals surface area contributed by atoms with Crippen molar-refractivity contribution in [2.75, 3.05) is 0 Å². The summed E-state index contributed by atoms with van der Waals surface area (Å²) in [4.78, 5) is 0. The molecule has 0 atom stereocenters. The van der Waals surface area contributed by atoms with Crippen LogP contribution in [-0.2, 0) is 0 Å². The average Bonchev–Trinajstić information content (AvgIpc) is 2.41. The molecule has 0 aromatic heterocycles. The third-order valence-electron chi connectivity index (χ3n) is 2.91. The minimum absolute atomic E-state index is 0.0195. The van der Waals surface area contributed by atoms with E-state index in [9.17, 15) is 8.78 Å². The van der Waals surface area contributed by atoms with Crippen LogP contribution in [-0.4, -0.2) is 0 Å². The van der Waals surface area contributed by atoms with Gasteiger partial charge in [0.25, 0.3) is 6.08 Å². The molecule has 0 aliphatic heterocycles. The lowest BCUT2D eigenvalue weighted by Crippen LogP contribution is -1.99. The predicted molar refractivity (Wildman–Crippen MR) is 69.6 cm³/mol. The zero-order chi connectivity index (χ0) is 12.8. The Kier molecular flexibility index (Phi) is 4.24. The molecule has 18 heavy (non-hydrogen) atoms.